The van der Waals surface area contributed by atoms with Crippen molar-refractivity contribution in [2.24, 2.45) is 16.2 Å². The summed E-state index contributed by atoms with van der Waals surface area (Å²) in [5.74, 6) is -0.0539. The molecule has 6 fully saturated rings. The van der Waals surface area contributed by atoms with Gasteiger partial charge in [0, 0.05) is 137 Å². The van der Waals surface area contributed by atoms with Crippen molar-refractivity contribution >= 4 is 134 Å². The van der Waals surface area contributed by atoms with E-state index in [1.54, 1.807) is 80.7 Å². The quantitative estimate of drug-likeness (QED) is 0.0386. The number of esters is 2. The van der Waals surface area contributed by atoms with E-state index in [0.29, 0.717) is 102 Å². The summed E-state index contributed by atoms with van der Waals surface area (Å²) in [6.45, 7) is 14.6. The van der Waals surface area contributed by atoms with Crippen molar-refractivity contribution in [1.82, 2.24) is 14.7 Å². The van der Waals surface area contributed by atoms with Crippen LogP contribution in [0.25, 0.3) is 0 Å². The molecule has 3 aliphatic heterocycles. The average Bonchev–Trinajstić information content (AvgIpc) is 0.764. The third kappa shape index (κ3) is 22.9. The van der Waals surface area contributed by atoms with Crippen LogP contribution in [0.15, 0.2) is 72.8 Å². The molecule has 3 heterocycles. The Morgan fingerprint density at radius 3 is 1.13 bits per heavy atom. The Morgan fingerprint density at radius 2 is 0.830 bits per heavy atom. The van der Waals surface area contributed by atoms with Crippen molar-refractivity contribution in [2.45, 2.75) is 153 Å². The number of hydrogen-bond acceptors (Lipinski definition) is 21. The van der Waals surface area contributed by atoms with E-state index < -0.39 is 81.7 Å². The first kappa shape index (κ1) is 85.4. The molecule has 3 amide bonds. The first-order valence-corrected chi connectivity index (χ1v) is 38.3. The highest BCUT2D eigenvalue weighted by atomic mass is 35.5. The topological polar surface area (TPSA) is 295 Å². The molecule has 0 aromatic heterocycles. The molecule has 100 heavy (non-hydrogen) atoms. The zero-order valence-electron chi connectivity index (χ0n) is 58.5. The minimum atomic E-state index is -1.41. The van der Waals surface area contributed by atoms with Crippen LogP contribution in [0.1, 0.15) is 135 Å². The molecule has 0 bridgehead atoms. The van der Waals surface area contributed by atoms with E-state index in [9.17, 15) is 47.4 Å². The number of aliphatic carboxylic acids is 1. The number of carboxylic acid groups (broad SMARTS) is 1. The molecule has 3 aliphatic carbocycles. The fourth-order valence-corrected chi connectivity index (χ4v) is 16.7. The molecular formula is C70H95Cl4N3O20S3. The Labute approximate surface area is 617 Å². The Morgan fingerprint density at radius 1 is 0.510 bits per heavy atom. The van der Waals surface area contributed by atoms with Gasteiger partial charge in [0.25, 0.3) is 0 Å². The van der Waals surface area contributed by atoms with Gasteiger partial charge >= 0.3 is 36.2 Å². The predicted molar refractivity (Wildman–Crippen MR) is 384 cm³/mol. The number of benzene rings is 3. The van der Waals surface area contributed by atoms with Gasteiger partial charge in [-0.2, -0.15) is 0 Å². The van der Waals surface area contributed by atoms with Crippen LogP contribution in [0.3, 0.4) is 0 Å². The van der Waals surface area contributed by atoms with Gasteiger partial charge in [-0.15, -0.1) is 23.5 Å². The fourth-order valence-electron chi connectivity index (χ4n) is 12.4. The molecule has 9 rings (SSSR count). The lowest BCUT2D eigenvalue weighted by atomic mass is 9.74. The van der Waals surface area contributed by atoms with E-state index in [2.05, 4.69) is 13.8 Å². The van der Waals surface area contributed by atoms with Crippen molar-refractivity contribution in [3.05, 3.63) is 105 Å². The summed E-state index contributed by atoms with van der Waals surface area (Å²) in [5.41, 5.74) is -2.38. The number of ether oxygens (including phenoxy) is 8. The van der Waals surface area contributed by atoms with Gasteiger partial charge in [0.2, 0.25) is 12.6 Å². The normalized spacial score (nSPS) is 22.6. The summed E-state index contributed by atoms with van der Waals surface area (Å²) in [6, 6.07) is 21.1. The fraction of sp³-hybridized carbons (Fsp3) is 0.614. The summed E-state index contributed by atoms with van der Waals surface area (Å²) in [5, 5.41) is 16.6. The largest absolute Gasteiger partial charge is 0.481 e. The van der Waals surface area contributed by atoms with Gasteiger partial charge in [-0.1, -0.05) is 122 Å². The highest BCUT2D eigenvalue weighted by molar-refractivity contribution is 8.00. The summed E-state index contributed by atoms with van der Waals surface area (Å²) >= 11 is 27.8. The Bertz CT molecular complexity index is 3320. The maximum Gasteiger partial charge on any atom is 0.413 e. The van der Waals surface area contributed by atoms with Gasteiger partial charge in [0.15, 0.2) is 22.9 Å². The Hall–Kier alpha value is -5.26. The van der Waals surface area contributed by atoms with Crippen molar-refractivity contribution in [2.75, 3.05) is 102 Å². The number of carboxylic acids is 1. The molecule has 3 saturated carbocycles. The molecule has 30 heteroatoms. The van der Waals surface area contributed by atoms with E-state index >= 15 is 0 Å². The highest BCUT2D eigenvalue weighted by Crippen LogP contribution is 2.46. The number of alkyl halides is 1. The lowest BCUT2D eigenvalue weighted by Gasteiger charge is -2.43. The van der Waals surface area contributed by atoms with Crippen LogP contribution in [0.2, 0.25) is 15.1 Å². The minimum absolute atomic E-state index is 0.0199. The smallest absolute Gasteiger partial charge is 0.413 e. The first-order chi connectivity index (χ1) is 47.3. The van der Waals surface area contributed by atoms with Gasteiger partial charge in [-0.3, -0.25) is 47.7 Å². The molecule has 556 valence electrons. The molecule has 3 aromatic rings. The maximum atomic E-state index is 13.1. The molecule has 23 nitrogen and oxygen atoms in total. The monoisotopic (exact) mass is 1530 g/mol. The van der Waals surface area contributed by atoms with Crippen LogP contribution < -0.4 is 0 Å². The molecule has 4 unspecified atom stereocenters. The average molecular weight is 1540 g/mol. The van der Waals surface area contributed by atoms with Crippen molar-refractivity contribution in [1.29, 1.82) is 0 Å². The number of ketones is 3. The zero-order valence-corrected chi connectivity index (χ0v) is 63.9. The third-order valence-corrected chi connectivity index (χ3v) is 23.0. The standard InChI is InChI=1S/C23H30ClNO7S.C23H30ClNO6S.C16H19Cl2NO3.C7H12O3S.CH4O/c1-16(31-20(27)12-33(29)15-22(2)13-30-14-22)32-21(28)25(3)23(11-7-6-10-19(23)26)17-8-4-5-9-18(17)24;1-16(30-20(27)12-32-15-22(2)13-29-14-22)31-21(28)25(3)23(11-7-6-10-19(23)26)17-8-4-5-9-18(17)24;1-11(17)22-15(21)19(2)16(10-6-5-9-14(16)20)12-7-3-4-8-13(12)18;1-7(3-10-4-7)5-11-2-6(8)9;1-2/h4-5,8-9,16H,6-7,10-15H2,1-3H3;4-5,8-9,16H,6-7,10-15H2,1-3H3;3-4,7-8,11H,5-6,9-10H2,1-2H3;2-5H2,1H3,(H,8,9);2H,1H3/t16?,23-,33?;16?,23-;11?,16-;;/m000../s1. The SMILES string of the molecule is CC(Cl)OC(=O)N(C)[C@]1(c2ccccc2Cl)CCCCC1=O.CC(OC(=O)CS(=O)CC1(C)COC1)OC(=O)N(C)[C@]1(c2ccccc2Cl)CCCCC1=O.CC(OC(=O)CSCC1(C)COC1)OC(=O)N(C)[C@]1(c2ccccc2Cl)CCCCC1=O.CC1(CSCC(=O)O)COC1.CO. The van der Waals surface area contributed by atoms with Gasteiger partial charge in [-0.25, -0.2) is 14.4 Å². The summed E-state index contributed by atoms with van der Waals surface area (Å²) in [4.78, 5) is 116. The van der Waals surface area contributed by atoms with Crippen LogP contribution in [0.5, 0.6) is 0 Å². The predicted octanol–water partition coefficient (Wildman–Crippen LogP) is 12.6. The zero-order chi connectivity index (χ0) is 74.2. The van der Waals surface area contributed by atoms with Crippen LogP contribution >= 0.6 is 69.9 Å². The number of aliphatic hydroxyl groups is 1. The van der Waals surface area contributed by atoms with Gasteiger partial charge in [-0.05, 0) is 82.9 Å². The summed E-state index contributed by atoms with van der Waals surface area (Å²) in [7, 11) is 4.16. The molecule has 3 saturated heterocycles. The molecule has 2 N–H and O–H groups in total. The van der Waals surface area contributed by atoms with Gasteiger partial charge < -0.3 is 48.1 Å². The lowest BCUT2D eigenvalue weighted by molar-refractivity contribution is -0.165. The van der Waals surface area contributed by atoms with Gasteiger partial charge in [0.1, 0.15) is 22.4 Å². The van der Waals surface area contributed by atoms with Crippen LogP contribution in [0.4, 0.5) is 14.4 Å². The Kier molecular flexibility index (Phi) is 33.8. The Balaban J connectivity index is 0.000000252. The number of thioether (sulfide) groups is 2. The number of hydrogen-bond donors (Lipinski definition) is 2. The van der Waals surface area contributed by atoms with Crippen LogP contribution in [-0.2, 0) is 94.1 Å². The van der Waals surface area contributed by atoms with Gasteiger partial charge in [0.05, 0.1) is 51.1 Å². The summed E-state index contributed by atoms with van der Waals surface area (Å²) in [6.07, 6.45) is 2.70. The molecule has 6 aliphatic rings. The van der Waals surface area contributed by atoms with Crippen molar-refractivity contribution in [3.63, 3.8) is 0 Å². The number of carbonyl (C=O) groups is 9. The van der Waals surface area contributed by atoms with Crippen molar-refractivity contribution in [3.8, 4) is 0 Å². The van der Waals surface area contributed by atoms with Crippen LogP contribution in [-0.4, -0.2) is 203 Å². The minimum Gasteiger partial charge on any atom is -0.481 e. The number of carbonyl (C=O) groups excluding carboxylic acids is 8. The molecular weight excluding hydrogens is 1440 g/mol. The van der Waals surface area contributed by atoms with E-state index in [0.717, 1.165) is 70.4 Å². The summed E-state index contributed by atoms with van der Waals surface area (Å²) < 4.78 is 53.7. The number of aliphatic hydroxyl groups excluding tert-OH is 1. The van der Waals surface area contributed by atoms with Crippen LogP contribution in [0, 0.1) is 16.2 Å². The second-order valence-corrected chi connectivity index (χ2v) is 31.7. The van der Waals surface area contributed by atoms with E-state index in [-0.39, 0.29) is 50.9 Å². The number of nitrogens with zero attached hydrogens (tertiary/aromatic N) is 3. The van der Waals surface area contributed by atoms with E-state index in [4.69, 9.17) is 94.5 Å². The number of Topliss-reactive ketones (excluding diaryl/α,β-unsaturated/α-hetero) is 3. The molecule has 3 aromatic carbocycles. The second kappa shape index (κ2) is 39.6. The molecule has 0 spiro atoms. The highest BCUT2D eigenvalue weighted by Gasteiger charge is 2.52. The molecule has 7 atom stereocenters. The molecule has 0 radical (unpaired) electrons. The number of amides is 3. The van der Waals surface area contributed by atoms with E-state index in [1.165, 1.54) is 66.2 Å². The second-order valence-electron chi connectivity index (χ2n) is 26.4. The number of likely N-dealkylation sites (N-methyl/N-ethyl adjacent to an activating group) is 3. The maximum absolute atomic E-state index is 13.1. The number of rotatable bonds is 23. The van der Waals surface area contributed by atoms with Crippen molar-refractivity contribution < 1.29 is 95.5 Å². The third-order valence-electron chi connectivity index (χ3n) is 17.7. The number of halogens is 4. The first-order valence-electron chi connectivity index (χ1n) is 32.9. The lowest BCUT2D eigenvalue weighted by Crippen LogP contribution is -2.54. The van der Waals surface area contributed by atoms with E-state index in [1.807, 2.05) is 13.0 Å².